The molecule has 2 rings (SSSR count). The highest BCUT2D eigenvalue weighted by molar-refractivity contribution is 5.76. The summed E-state index contributed by atoms with van der Waals surface area (Å²) in [5, 5.41) is 3.13. The van der Waals surface area contributed by atoms with Crippen LogP contribution >= 0.6 is 0 Å². The van der Waals surface area contributed by atoms with E-state index in [1.165, 1.54) is 19.3 Å². The molecular weight excluding hydrogens is 214 g/mol. The summed E-state index contributed by atoms with van der Waals surface area (Å²) in [5.74, 6) is 0.432. The van der Waals surface area contributed by atoms with Crippen LogP contribution in [0.25, 0.3) is 0 Å². The number of nitrogens with two attached hydrogens (primary N) is 1. The van der Waals surface area contributed by atoms with Gasteiger partial charge in [0.05, 0.1) is 5.54 Å². The molecule has 3 N–H and O–H groups in total. The first-order chi connectivity index (χ1) is 8.01. The third-order valence-electron chi connectivity index (χ3n) is 4.34. The molecule has 0 bridgehead atoms. The van der Waals surface area contributed by atoms with Gasteiger partial charge in [0.1, 0.15) is 0 Å². The van der Waals surface area contributed by atoms with Crippen molar-refractivity contribution in [3.63, 3.8) is 0 Å². The summed E-state index contributed by atoms with van der Waals surface area (Å²) < 4.78 is 0. The smallest absolute Gasteiger partial charge is 0.317 e. The number of amides is 2. The average Bonchev–Trinajstić information content (AvgIpc) is 2.25. The average molecular weight is 239 g/mol. The van der Waals surface area contributed by atoms with Gasteiger partial charge in [-0.1, -0.05) is 33.1 Å². The van der Waals surface area contributed by atoms with Crippen molar-refractivity contribution < 1.29 is 4.79 Å². The second-order valence-electron chi connectivity index (χ2n) is 6.03. The highest BCUT2D eigenvalue weighted by Gasteiger charge is 2.44. The van der Waals surface area contributed by atoms with E-state index in [-0.39, 0.29) is 11.6 Å². The zero-order valence-corrected chi connectivity index (χ0v) is 11.0. The SMILES string of the molecule is CC(C)C1(N)CN(C(=O)NC2CCCCC2)C1. The van der Waals surface area contributed by atoms with Gasteiger partial charge in [-0.2, -0.15) is 0 Å². The minimum atomic E-state index is -0.163. The Balaban J connectivity index is 1.75. The van der Waals surface area contributed by atoms with Crippen molar-refractivity contribution in [1.82, 2.24) is 10.2 Å². The quantitative estimate of drug-likeness (QED) is 0.770. The molecule has 2 aliphatic rings. The number of rotatable bonds is 2. The van der Waals surface area contributed by atoms with Gasteiger partial charge < -0.3 is 16.0 Å². The van der Waals surface area contributed by atoms with Crippen molar-refractivity contribution in [2.45, 2.75) is 57.5 Å². The summed E-state index contributed by atoms with van der Waals surface area (Å²) in [6, 6.07) is 0.474. The topological polar surface area (TPSA) is 58.4 Å². The Morgan fingerprint density at radius 2 is 1.88 bits per heavy atom. The fourth-order valence-electron chi connectivity index (χ4n) is 2.69. The van der Waals surface area contributed by atoms with E-state index in [2.05, 4.69) is 19.2 Å². The molecule has 0 unspecified atom stereocenters. The van der Waals surface area contributed by atoms with E-state index >= 15 is 0 Å². The second-order valence-corrected chi connectivity index (χ2v) is 6.03. The van der Waals surface area contributed by atoms with Crippen molar-refractivity contribution in [3.8, 4) is 0 Å². The van der Waals surface area contributed by atoms with E-state index < -0.39 is 0 Å². The Morgan fingerprint density at radius 3 is 2.41 bits per heavy atom. The zero-order valence-electron chi connectivity index (χ0n) is 11.0. The number of nitrogens with one attached hydrogen (secondary N) is 1. The second kappa shape index (κ2) is 4.84. The van der Waals surface area contributed by atoms with Gasteiger partial charge in [-0.25, -0.2) is 4.79 Å². The Hall–Kier alpha value is -0.770. The van der Waals surface area contributed by atoms with Gasteiger partial charge in [0.15, 0.2) is 0 Å². The monoisotopic (exact) mass is 239 g/mol. The van der Waals surface area contributed by atoms with E-state index in [0.717, 1.165) is 12.8 Å². The number of likely N-dealkylation sites (tertiary alicyclic amines) is 1. The lowest BCUT2D eigenvalue weighted by Crippen LogP contribution is -2.72. The van der Waals surface area contributed by atoms with Crippen LogP contribution in [0.1, 0.15) is 46.0 Å². The number of carbonyl (C=O) groups excluding carboxylic acids is 1. The van der Waals surface area contributed by atoms with Crippen LogP contribution in [0.5, 0.6) is 0 Å². The molecule has 0 aromatic carbocycles. The van der Waals surface area contributed by atoms with Gasteiger partial charge >= 0.3 is 6.03 Å². The van der Waals surface area contributed by atoms with Crippen molar-refractivity contribution in [1.29, 1.82) is 0 Å². The van der Waals surface area contributed by atoms with Gasteiger partial charge in [0, 0.05) is 19.1 Å². The largest absolute Gasteiger partial charge is 0.335 e. The van der Waals surface area contributed by atoms with Crippen molar-refractivity contribution in [2.75, 3.05) is 13.1 Å². The molecule has 17 heavy (non-hydrogen) atoms. The molecule has 0 aromatic heterocycles. The van der Waals surface area contributed by atoms with E-state index in [9.17, 15) is 4.79 Å². The van der Waals surface area contributed by atoms with Crippen LogP contribution in [-0.4, -0.2) is 35.6 Å². The van der Waals surface area contributed by atoms with Gasteiger partial charge in [0.25, 0.3) is 0 Å². The summed E-state index contributed by atoms with van der Waals surface area (Å²) in [5.41, 5.74) is 6.02. The zero-order chi connectivity index (χ0) is 12.5. The first-order valence-corrected chi connectivity index (χ1v) is 6.85. The van der Waals surface area contributed by atoms with Gasteiger partial charge in [-0.15, -0.1) is 0 Å². The van der Waals surface area contributed by atoms with Crippen LogP contribution in [-0.2, 0) is 0 Å². The number of hydrogen-bond acceptors (Lipinski definition) is 2. The lowest BCUT2D eigenvalue weighted by molar-refractivity contribution is 0.0634. The van der Waals surface area contributed by atoms with Crippen LogP contribution in [0, 0.1) is 5.92 Å². The third kappa shape index (κ3) is 2.73. The molecule has 1 saturated heterocycles. The number of urea groups is 1. The summed E-state index contributed by atoms with van der Waals surface area (Å²) in [6.07, 6.45) is 6.08. The summed E-state index contributed by atoms with van der Waals surface area (Å²) in [7, 11) is 0. The lowest BCUT2D eigenvalue weighted by Gasteiger charge is -2.50. The predicted molar refractivity (Wildman–Crippen MR) is 68.7 cm³/mol. The lowest BCUT2D eigenvalue weighted by atomic mass is 9.80. The van der Waals surface area contributed by atoms with Crippen molar-refractivity contribution in [3.05, 3.63) is 0 Å². The maximum atomic E-state index is 12.0. The van der Waals surface area contributed by atoms with Gasteiger partial charge in [-0.05, 0) is 18.8 Å². The molecule has 1 saturated carbocycles. The van der Waals surface area contributed by atoms with E-state index in [4.69, 9.17) is 5.73 Å². The molecule has 0 radical (unpaired) electrons. The summed E-state index contributed by atoms with van der Waals surface area (Å²) in [6.45, 7) is 5.64. The van der Waals surface area contributed by atoms with Crippen molar-refractivity contribution in [2.24, 2.45) is 11.7 Å². The van der Waals surface area contributed by atoms with Crippen LogP contribution in [0.15, 0.2) is 0 Å². The van der Waals surface area contributed by atoms with Crippen molar-refractivity contribution >= 4 is 6.03 Å². The molecule has 2 amide bonds. The molecule has 0 aromatic rings. The fraction of sp³-hybridized carbons (Fsp3) is 0.923. The van der Waals surface area contributed by atoms with E-state index in [1.807, 2.05) is 4.90 Å². The Bertz CT molecular complexity index is 278. The highest BCUT2D eigenvalue weighted by atomic mass is 16.2. The Morgan fingerprint density at radius 1 is 1.29 bits per heavy atom. The Labute approximate surface area is 104 Å². The van der Waals surface area contributed by atoms with Crippen LogP contribution in [0.3, 0.4) is 0 Å². The van der Waals surface area contributed by atoms with Crippen LogP contribution < -0.4 is 11.1 Å². The highest BCUT2D eigenvalue weighted by Crippen LogP contribution is 2.26. The number of nitrogens with zero attached hydrogens (tertiary/aromatic N) is 1. The molecule has 4 nitrogen and oxygen atoms in total. The normalized spacial score (nSPS) is 24.6. The molecule has 2 fully saturated rings. The van der Waals surface area contributed by atoms with E-state index in [1.54, 1.807) is 0 Å². The predicted octanol–water partition coefficient (Wildman–Crippen LogP) is 1.70. The minimum Gasteiger partial charge on any atom is -0.335 e. The van der Waals surface area contributed by atoms with E-state index in [0.29, 0.717) is 25.0 Å². The summed E-state index contributed by atoms with van der Waals surface area (Å²) in [4.78, 5) is 13.8. The molecule has 1 aliphatic heterocycles. The molecule has 1 aliphatic carbocycles. The van der Waals surface area contributed by atoms with Gasteiger partial charge in [-0.3, -0.25) is 0 Å². The maximum Gasteiger partial charge on any atom is 0.317 e. The standard InChI is InChI=1S/C13H25N3O/c1-10(2)13(14)8-16(9-13)12(17)15-11-6-4-3-5-7-11/h10-11H,3-9,14H2,1-2H3,(H,15,17). The first-order valence-electron chi connectivity index (χ1n) is 6.85. The molecule has 98 valence electrons. The molecule has 0 spiro atoms. The molecule has 1 heterocycles. The third-order valence-corrected chi connectivity index (χ3v) is 4.34. The van der Waals surface area contributed by atoms with Crippen LogP contribution in [0.4, 0.5) is 4.79 Å². The van der Waals surface area contributed by atoms with Gasteiger partial charge in [0.2, 0.25) is 0 Å². The van der Waals surface area contributed by atoms with Crippen LogP contribution in [0.2, 0.25) is 0 Å². The molecule has 0 atom stereocenters. The minimum absolute atomic E-state index is 0.0821. The summed E-state index contributed by atoms with van der Waals surface area (Å²) >= 11 is 0. The molecule has 4 heteroatoms. The molecular formula is C13H25N3O. The first kappa shape index (κ1) is 12.7. The maximum absolute atomic E-state index is 12.0. The number of carbonyl (C=O) groups is 1. The fourth-order valence-corrected chi connectivity index (χ4v) is 2.69. The Kier molecular flexibility index (Phi) is 3.61. The number of hydrogen-bond donors (Lipinski definition) is 2.